The predicted molar refractivity (Wildman–Crippen MR) is 82.2 cm³/mol. The minimum Gasteiger partial charge on any atom is -0.378 e. The van der Waals surface area contributed by atoms with Crippen LogP contribution in [0.2, 0.25) is 0 Å². The summed E-state index contributed by atoms with van der Waals surface area (Å²) in [6.07, 6.45) is 0. The maximum absolute atomic E-state index is 11.2. The van der Waals surface area contributed by atoms with Crippen LogP contribution in [0.4, 0.5) is 0 Å². The zero-order valence-electron chi connectivity index (χ0n) is 13.9. The topological polar surface area (TPSA) is 56.8 Å². The van der Waals surface area contributed by atoms with Gasteiger partial charge in [0.2, 0.25) is 0 Å². The molecule has 0 aliphatic carbocycles. The lowest BCUT2D eigenvalue weighted by molar-refractivity contribution is -0.127. The van der Waals surface area contributed by atoms with Crippen molar-refractivity contribution in [1.29, 1.82) is 0 Å². The lowest BCUT2D eigenvalue weighted by Gasteiger charge is -2.07. The first-order valence-corrected chi connectivity index (χ1v) is 7.65. The number of carbonyl (C=O) groups excluding carboxylic acids is 1. The van der Waals surface area contributed by atoms with Gasteiger partial charge in [0.15, 0.2) is 5.78 Å². The molecular weight excluding hydrogens is 258 g/mol. The van der Waals surface area contributed by atoms with Crippen molar-refractivity contribution in [3.63, 3.8) is 0 Å². The van der Waals surface area contributed by atoms with Gasteiger partial charge in [0.05, 0.1) is 33.0 Å². The van der Waals surface area contributed by atoms with Crippen molar-refractivity contribution in [3.05, 3.63) is 0 Å². The van der Waals surface area contributed by atoms with Crippen LogP contribution in [0.3, 0.4) is 0 Å². The molecule has 0 bridgehead atoms. The molecule has 0 saturated carbocycles. The summed E-state index contributed by atoms with van der Waals surface area (Å²) in [7, 11) is 0. The normalized spacial score (nSPS) is 10.3. The highest BCUT2D eigenvalue weighted by Crippen LogP contribution is 1.94. The second kappa shape index (κ2) is 18.5. The second-order valence-corrected chi connectivity index (χ2v) is 4.25. The molecule has 0 radical (unpaired) electrons. The van der Waals surface area contributed by atoms with Crippen molar-refractivity contribution >= 4 is 5.78 Å². The van der Waals surface area contributed by atoms with Crippen molar-refractivity contribution in [1.82, 2.24) is 5.32 Å². The van der Waals surface area contributed by atoms with Crippen molar-refractivity contribution < 1.29 is 19.0 Å². The number of rotatable bonds is 13. The summed E-state index contributed by atoms with van der Waals surface area (Å²) in [5, 5.41) is 3.17. The molecule has 122 valence electrons. The summed E-state index contributed by atoms with van der Waals surface area (Å²) in [5.41, 5.74) is 0. The summed E-state index contributed by atoms with van der Waals surface area (Å²) in [4.78, 5) is 11.2. The van der Waals surface area contributed by atoms with Crippen LogP contribution in [0.5, 0.6) is 0 Å². The Kier molecular flexibility index (Phi) is 20.2. The van der Waals surface area contributed by atoms with E-state index in [1.807, 2.05) is 27.7 Å². The van der Waals surface area contributed by atoms with Crippen LogP contribution >= 0.6 is 0 Å². The van der Waals surface area contributed by atoms with Crippen LogP contribution in [-0.2, 0) is 19.0 Å². The first-order chi connectivity index (χ1) is 9.68. The Morgan fingerprint density at radius 2 is 1.45 bits per heavy atom. The number of hydrogen-bond donors (Lipinski definition) is 1. The third-order valence-corrected chi connectivity index (χ3v) is 2.31. The SMILES string of the molecule is CC.CCNCCOCCOCCOCC(=O)C(C)C. The predicted octanol–water partition coefficient (Wildman–Crippen LogP) is 1.90. The van der Waals surface area contributed by atoms with E-state index in [1.54, 1.807) is 0 Å². The molecule has 20 heavy (non-hydrogen) atoms. The molecule has 5 nitrogen and oxygen atoms in total. The summed E-state index contributed by atoms with van der Waals surface area (Å²) in [5.74, 6) is 0.165. The second-order valence-electron chi connectivity index (χ2n) is 4.25. The lowest BCUT2D eigenvalue weighted by Crippen LogP contribution is -2.20. The third kappa shape index (κ3) is 17.5. The van der Waals surface area contributed by atoms with Crippen molar-refractivity contribution in [3.8, 4) is 0 Å². The van der Waals surface area contributed by atoms with Crippen LogP contribution in [-0.4, -0.2) is 58.5 Å². The van der Waals surface area contributed by atoms with E-state index in [4.69, 9.17) is 14.2 Å². The molecule has 0 atom stereocenters. The Balaban J connectivity index is 0. The van der Waals surface area contributed by atoms with Gasteiger partial charge >= 0.3 is 0 Å². The Labute approximate surface area is 124 Å². The van der Waals surface area contributed by atoms with Gasteiger partial charge in [-0.1, -0.05) is 34.6 Å². The molecular formula is C15H33NO4. The Bertz CT molecular complexity index is 198. The van der Waals surface area contributed by atoms with E-state index < -0.39 is 0 Å². The first kappa shape index (κ1) is 21.8. The minimum atomic E-state index is 0.0380. The number of likely N-dealkylation sites (N-methyl/N-ethyl adjacent to an activating group) is 1. The molecule has 1 N–H and O–H groups in total. The molecule has 0 fully saturated rings. The maximum atomic E-state index is 11.2. The Morgan fingerprint density at radius 1 is 0.950 bits per heavy atom. The van der Waals surface area contributed by atoms with Gasteiger partial charge in [0.1, 0.15) is 6.61 Å². The first-order valence-electron chi connectivity index (χ1n) is 7.65. The van der Waals surface area contributed by atoms with E-state index in [0.29, 0.717) is 33.0 Å². The monoisotopic (exact) mass is 291 g/mol. The van der Waals surface area contributed by atoms with Crippen LogP contribution in [0.15, 0.2) is 0 Å². The van der Waals surface area contributed by atoms with E-state index in [1.165, 1.54) is 0 Å². The fourth-order valence-corrected chi connectivity index (χ4v) is 1.10. The quantitative estimate of drug-likeness (QED) is 0.525. The van der Waals surface area contributed by atoms with Crippen molar-refractivity contribution in [2.24, 2.45) is 5.92 Å². The van der Waals surface area contributed by atoms with Gasteiger partial charge in [0.25, 0.3) is 0 Å². The number of ketones is 1. The van der Waals surface area contributed by atoms with Gasteiger partial charge in [-0.25, -0.2) is 0 Å². The molecule has 0 aromatic heterocycles. The molecule has 0 amide bonds. The molecule has 0 aliphatic heterocycles. The van der Waals surface area contributed by atoms with E-state index >= 15 is 0 Å². The van der Waals surface area contributed by atoms with Gasteiger partial charge in [-0.2, -0.15) is 0 Å². The van der Waals surface area contributed by atoms with Gasteiger partial charge in [-0.15, -0.1) is 0 Å². The summed E-state index contributed by atoms with van der Waals surface area (Å²) < 4.78 is 15.8. The molecule has 0 heterocycles. The van der Waals surface area contributed by atoms with Gasteiger partial charge in [-0.05, 0) is 6.54 Å². The van der Waals surface area contributed by atoms with Crippen LogP contribution in [0, 0.1) is 5.92 Å². The number of ether oxygens (including phenoxy) is 3. The smallest absolute Gasteiger partial charge is 0.160 e. The fourth-order valence-electron chi connectivity index (χ4n) is 1.10. The van der Waals surface area contributed by atoms with Crippen LogP contribution in [0.25, 0.3) is 0 Å². The number of Topliss-reactive ketones (excluding diaryl/α,β-unsaturated/α-hetero) is 1. The van der Waals surface area contributed by atoms with Crippen LogP contribution in [0.1, 0.15) is 34.6 Å². The van der Waals surface area contributed by atoms with E-state index in [2.05, 4.69) is 12.2 Å². The zero-order chi connectivity index (χ0) is 15.6. The van der Waals surface area contributed by atoms with Gasteiger partial charge in [-0.3, -0.25) is 4.79 Å². The molecule has 0 unspecified atom stereocenters. The largest absolute Gasteiger partial charge is 0.378 e. The van der Waals surface area contributed by atoms with Crippen LogP contribution < -0.4 is 5.32 Å². The van der Waals surface area contributed by atoms with Crippen molar-refractivity contribution in [2.45, 2.75) is 34.6 Å². The third-order valence-electron chi connectivity index (χ3n) is 2.31. The highest BCUT2D eigenvalue weighted by Gasteiger charge is 2.06. The standard InChI is InChI=1S/C13H27NO4.C2H6/c1-4-14-5-6-16-7-8-17-9-10-18-11-13(15)12(2)3;1-2/h12,14H,4-11H2,1-3H3;1-2H3. The average molecular weight is 291 g/mol. The van der Waals surface area contributed by atoms with E-state index in [9.17, 15) is 4.79 Å². The molecule has 0 aliphatic rings. The molecule has 0 aromatic rings. The molecule has 0 saturated heterocycles. The Morgan fingerprint density at radius 3 is 1.95 bits per heavy atom. The fraction of sp³-hybridized carbons (Fsp3) is 0.933. The van der Waals surface area contributed by atoms with Gasteiger partial charge < -0.3 is 19.5 Å². The average Bonchev–Trinajstić information content (AvgIpc) is 2.46. The van der Waals surface area contributed by atoms with Crippen molar-refractivity contribution in [2.75, 3.05) is 52.7 Å². The Hall–Kier alpha value is -0.490. The molecule has 0 spiro atoms. The number of hydrogen-bond acceptors (Lipinski definition) is 5. The summed E-state index contributed by atoms with van der Waals surface area (Å²) in [6.45, 7) is 14.6. The number of nitrogens with one attached hydrogen (secondary N) is 1. The van der Waals surface area contributed by atoms with E-state index in [-0.39, 0.29) is 18.3 Å². The highest BCUT2D eigenvalue weighted by molar-refractivity contribution is 5.81. The van der Waals surface area contributed by atoms with E-state index in [0.717, 1.165) is 13.1 Å². The summed E-state index contributed by atoms with van der Waals surface area (Å²) in [6, 6.07) is 0. The molecule has 5 heteroatoms. The maximum Gasteiger partial charge on any atom is 0.160 e. The highest BCUT2D eigenvalue weighted by atomic mass is 16.5. The number of carbonyl (C=O) groups is 1. The molecule has 0 rings (SSSR count). The molecule has 0 aromatic carbocycles. The minimum absolute atomic E-state index is 0.0380. The van der Waals surface area contributed by atoms with Gasteiger partial charge in [0, 0.05) is 12.5 Å². The summed E-state index contributed by atoms with van der Waals surface area (Å²) >= 11 is 0. The zero-order valence-corrected chi connectivity index (χ0v) is 13.9. The lowest BCUT2D eigenvalue weighted by atomic mass is 10.1.